The van der Waals surface area contributed by atoms with Gasteiger partial charge in [0, 0.05) is 13.4 Å². The Balaban J connectivity index is 1.94. The van der Waals surface area contributed by atoms with Crippen LogP contribution in [0.5, 0.6) is 0 Å². The minimum atomic E-state index is -0.149. The van der Waals surface area contributed by atoms with Crippen LogP contribution < -0.4 is 5.43 Å². The number of rotatable bonds is 4. The van der Waals surface area contributed by atoms with Crippen molar-refractivity contribution >= 4 is 59.9 Å². The molecule has 0 aliphatic rings. The Morgan fingerprint density at radius 1 is 1.14 bits per heavy atom. The Morgan fingerprint density at radius 3 is 2.32 bits per heavy atom. The monoisotopic (exact) mass is 486 g/mol. The summed E-state index contributed by atoms with van der Waals surface area (Å²) >= 11 is 10.3. The summed E-state index contributed by atoms with van der Waals surface area (Å²) in [5, 5.41) is 3.99. The van der Waals surface area contributed by atoms with Gasteiger partial charge in [0.1, 0.15) is 0 Å². The highest BCUT2D eigenvalue weighted by Crippen LogP contribution is 2.25. The van der Waals surface area contributed by atoms with Gasteiger partial charge in [-0.2, -0.15) is 5.10 Å². The van der Waals surface area contributed by atoms with Crippen molar-refractivity contribution in [3.05, 3.63) is 66.5 Å². The Bertz CT molecular complexity index is 689. The number of hydrogen-bond acceptors (Lipinski definition) is 2. The van der Waals surface area contributed by atoms with Gasteiger partial charge >= 0.3 is 0 Å². The highest BCUT2D eigenvalue weighted by atomic mass is 79.9. The fourth-order valence-corrected chi connectivity index (χ4v) is 3.23. The molecule has 1 amide bonds. The van der Waals surface area contributed by atoms with E-state index in [1.54, 1.807) is 6.21 Å². The van der Waals surface area contributed by atoms with Crippen molar-refractivity contribution in [1.29, 1.82) is 0 Å². The molecular weight excluding hydrogens is 476 g/mol. The molecular formula is C16H13Br3N2O. The van der Waals surface area contributed by atoms with Gasteiger partial charge in [0.25, 0.3) is 0 Å². The minimum absolute atomic E-state index is 0.149. The summed E-state index contributed by atoms with van der Waals surface area (Å²) in [6.45, 7) is 2.01. The van der Waals surface area contributed by atoms with Crippen molar-refractivity contribution in [1.82, 2.24) is 5.43 Å². The van der Waals surface area contributed by atoms with Crippen LogP contribution in [0.2, 0.25) is 0 Å². The zero-order valence-corrected chi connectivity index (χ0v) is 16.5. The largest absolute Gasteiger partial charge is 0.273 e. The van der Waals surface area contributed by atoms with Gasteiger partial charge in [-0.05, 0) is 47.9 Å². The number of hydrazone groups is 1. The second-order valence-corrected chi connectivity index (χ2v) is 7.33. The van der Waals surface area contributed by atoms with E-state index in [-0.39, 0.29) is 5.91 Å². The molecule has 2 rings (SSSR count). The van der Waals surface area contributed by atoms with Crippen molar-refractivity contribution in [2.75, 3.05) is 0 Å². The molecule has 2 aromatic carbocycles. The van der Waals surface area contributed by atoms with Gasteiger partial charge in [-0.3, -0.25) is 4.79 Å². The third-order valence-corrected chi connectivity index (χ3v) is 5.16. The standard InChI is InChI=1S/C16H13Br3N2O/c1-10-14(18)6-12(7-15(10)19)9-20-21-16(22)8-11-2-4-13(17)5-3-11/h2-7,9H,8H2,1H3,(H,21,22)/b20-9+. The molecule has 2 aromatic rings. The highest BCUT2D eigenvalue weighted by molar-refractivity contribution is 9.11. The SMILES string of the molecule is Cc1c(Br)cc(/C=N/NC(=O)Cc2ccc(Br)cc2)cc1Br. The molecule has 0 aliphatic carbocycles. The first-order valence-electron chi connectivity index (χ1n) is 6.47. The number of nitrogens with one attached hydrogen (secondary N) is 1. The average molecular weight is 489 g/mol. The maximum Gasteiger partial charge on any atom is 0.244 e. The summed E-state index contributed by atoms with van der Waals surface area (Å²) in [4.78, 5) is 11.8. The molecule has 0 aliphatic heterocycles. The first-order chi connectivity index (χ1) is 10.5. The van der Waals surface area contributed by atoms with Crippen molar-refractivity contribution in [2.45, 2.75) is 13.3 Å². The van der Waals surface area contributed by atoms with E-state index in [2.05, 4.69) is 58.3 Å². The summed E-state index contributed by atoms with van der Waals surface area (Å²) in [7, 11) is 0. The van der Waals surface area contributed by atoms with Gasteiger partial charge in [-0.25, -0.2) is 5.43 Å². The zero-order valence-electron chi connectivity index (χ0n) is 11.7. The van der Waals surface area contributed by atoms with Crippen LogP contribution in [0, 0.1) is 6.92 Å². The van der Waals surface area contributed by atoms with Crippen LogP contribution in [-0.4, -0.2) is 12.1 Å². The van der Waals surface area contributed by atoms with E-state index in [1.165, 1.54) is 0 Å². The third-order valence-electron chi connectivity index (χ3n) is 2.98. The van der Waals surface area contributed by atoms with E-state index in [0.717, 1.165) is 30.1 Å². The van der Waals surface area contributed by atoms with Crippen molar-refractivity contribution in [2.24, 2.45) is 5.10 Å². The molecule has 0 unspecified atom stereocenters. The number of hydrogen-bond donors (Lipinski definition) is 1. The van der Waals surface area contributed by atoms with Gasteiger partial charge in [-0.15, -0.1) is 0 Å². The number of carbonyl (C=O) groups excluding carboxylic acids is 1. The third kappa shape index (κ3) is 5.04. The predicted octanol–water partition coefficient (Wildman–Crippen LogP) is 4.98. The van der Waals surface area contributed by atoms with E-state index in [4.69, 9.17) is 0 Å². The van der Waals surface area contributed by atoms with Crippen LogP contribution in [0.4, 0.5) is 0 Å². The fraction of sp³-hybridized carbons (Fsp3) is 0.125. The molecule has 0 heterocycles. The second kappa shape index (κ2) is 8.04. The smallest absolute Gasteiger partial charge is 0.244 e. The Hall–Kier alpha value is -0.980. The lowest BCUT2D eigenvalue weighted by molar-refractivity contribution is -0.120. The molecule has 1 N–H and O–H groups in total. The maximum atomic E-state index is 11.8. The summed E-state index contributed by atoms with van der Waals surface area (Å²) < 4.78 is 2.97. The lowest BCUT2D eigenvalue weighted by atomic mass is 10.1. The molecule has 0 saturated carbocycles. The van der Waals surface area contributed by atoms with Crippen LogP contribution in [0.1, 0.15) is 16.7 Å². The lowest BCUT2D eigenvalue weighted by Gasteiger charge is -2.04. The van der Waals surface area contributed by atoms with Gasteiger partial charge < -0.3 is 0 Å². The normalized spacial score (nSPS) is 10.9. The van der Waals surface area contributed by atoms with Gasteiger partial charge in [0.15, 0.2) is 0 Å². The molecule has 3 nitrogen and oxygen atoms in total. The summed E-state index contributed by atoms with van der Waals surface area (Å²) in [6, 6.07) is 11.5. The Kier molecular flexibility index (Phi) is 6.35. The molecule has 0 radical (unpaired) electrons. The lowest BCUT2D eigenvalue weighted by Crippen LogP contribution is -2.19. The number of benzene rings is 2. The van der Waals surface area contributed by atoms with E-state index < -0.39 is 0 Å². The van der Waals surface area contributed by atoms with E-state index in [0.29, 0.717) is 6.42 Å². The number of halogens is 3. The van der Waals surface area contributed by atoms with Crippen molar-refractivity contribution in [3.63, 3.8) is 0 Å². The molecule has 114 valence electrons. The summed E-state index contributed by atoms with van der Waals surface area (Å²) in [6.07, 6.45) is 1.92. The Morgan fingerprint density at radius 2 is 1.73 bits per heavy atom. The zero-order chi connectivity index (χ0) is 16.1. The second-order valence-electron chi connectivity index (χ2n) is 4.71. The average Bonchev–Trinajstić information content (AvgIpc) is 2.47. The van der Waals surface area contributed by atoms with Crippen LogP contribution in [-0.2, 0) is 11.2 Å². The van der Waals surface area contributed by atoms with Crippen LogP contribution in [0.15, 0.2) is 54.9 Å². The summed E-state index contributed by atoms with van der Waals surface area (Å²) in [5.74, 6) is -0.149. The molecule has 0 spiro atoms. The molecule has 0 saturated heterocycles. The van der Waals surface area contributed by atoms with Crippen LogP contribution in [0.3, 0.4) is 0 Å². The van der Waals surface area contributed by atoms with E-state index >= 15 is 0 Å². The first-order valence-corrected chi connectivity index (χ1v) is 8.85. The van der Waals surface area contributed by atoms with Crippen molar-refractivity contribution in [3.8, 4) is 0 Å². The number of nitrogens with zero attached hydrogens (tertiary/aromatic N) is 1. The van der Waals surface area contributed by atoms with Gasteiger partial charge in [0.05, 0.1) is 12.6 Å². The summed E-state index contributed by atoms with van der Waals surface area (Å²) in [5.41, 5.74) is 5.50. The quantitative estimate of drug-likeness (QED) is 0.479. The van der Waals surface area contributed by atoms with Gasteiger partial charge in [-0.1, -0.05) is 59.9 Å². The minimum Gasteiger partial charge on any atom is -0.273 e. The molecule has 6 heteroatoms. The molecule has 0 fully saturated rings. The van der Waals surface area contributed by atoms with Crippen LogP contribution >= 0.6 is 47.8 Å². The Labute approximate surface area is 154 Å². The first kappa shape index (κ1) is 17.4. The molecule has 0 bridgehead atoms. The predicted molar refractivity (Wildman–Crippen MR) is 100 cm³/mol. The number of carbonyl (C=O) groups is 1. The number of amides is 1. The molecule has 0 atom stereocenters. The topological polar surface area (TPSA) is 41.5 Å². The maximum absolute atomic E-state index is 11.8. The van der Waals surface area contributed by atoms with E-state index in [9.17, 15) is 4.79 Å². The highest BCUT2D eigenvalue weighted by Gasteiger charge is 2.03. The van der Waals surface area contributed by atoms with E-state index in [1.807, 2.05) is 43.3 Å². The van der Waals surface area contributed by atoms with Crippen LogP contribution in [0.25, 0.3) is 0 Å². The molecule has 22 heavy (non-hydrogen) atoms. The van der Waals surface area contributed by atoms with Gasteiger partial charge in [0.2, 0.25) is 5.91 Å². The molecule has 0 aromatic heterocycles. The fourth-order valence-electron chi connectivity index (χ4n) is 1.75. The van der Waals surface area contributed by atoms with Crippen molar-refractivity contribution < 1.29 is 4.79 Å².